The smallest absolute Gasteiger partial charge is 0.0717 e. The van der Waals surface area contributed by atoms with Gasteiger partial charge in [-0.25, -0.2) is 0 Å². The van der Waals surface area contributed by atoms with E-state index in [0.29, 0.717) is 12.8 Å². The van der Waals surface area contributed by atoms with E-state index in [0.717, 1.165) is 11.5 Å². The Morgan fingerprint density at radius 2 is 0.829 bits per heavy atom. The van der Waals surface area contributed by atoms with Crippen molar-refractivity contribution in [1.82, 2.24) is 0 Å². The van der Waals surface area contributed by atoms with Crippen LogP contribution in [-0.4, -0.2) is 23.5 Å². The first-order valence-corrected chi connectivity index (χ1v) is 22.8. The highest BCUT2D eigenvalue weighted by molar-refractivity contribution is 8.45. The maximum atomic E-state index is 8.95. The Bertz CT molecular complexity index is 882. The quantitative estimate of drug-likeness (QED) is 0.0858. The zero-order valence-corrected chi connectivity index (χ0v) is 31.5. The second-order valence-electron chi connectivity index (χ2n) is 10.0. The molecular formula is C31H48N2S8. The van der Waals surface area contributed by atoms with E-state index in [-0.39, 0.29) is 0 Å². The summed E-state index contributed by atoms with van der Waals surface area (Å²) in [6.45, 7) is 2.29. The predicted octanol–water partition coefficient (Wildman–Crippen LogP) is 14.0. The Morgan fingerprint density at radius 1 is 0.488 bits per heavy atom. The number of unbranched alkanes of at least 4 members (excludes halogenated alkanes) is 15. The third kappa shape index (κ3) is 17.3. The highest BCUT2D eigenvalue weighted by atomic mass is 32.3. The first-order chi connectivity index (χ1) is 20.2. The molecule has 0 atom stereocenters. The molecule has 41 heavy (non-hydrogen) atoms. The van der Waals surface area contributed by atoms with Crippen LogP contribution in [0.15, 0.2) is 25.4 Å². The van der Waals surface area contributed by atoms with Crippen molar-refractivity contribution < 1.29 is 0 Å². The summed E-state index contributed by atoms with van der Waals surface area (Å²) in [5, 5.41) is 17.9. The van der Waals surface area contributed by atoms with Crippen LogP contribution in [0.5, 0.6) is 0 Å². The molecule has 0 spiro atoms. The van der Waals surface area contributed by atoms with Crippen LogP contribution >= 0.6 is 94.1 Å². The largest absolute Gasteiger partial charge is 0.198 e. The minimum Gasteiger partial charge on any atom is -0.198 e. The van der Waals surface area contributed by atoms with Gasteiger partial charge in [-0.15, -0.1) is 47.0 Å². The average Bonchev–Trinajstić information content (AvgIpc) is 3.59. The van der Waals surface area contributed by atoms with E-state index in [1.165, 1.54) is 134 Å². The van der Waals surface area contributed by atoms with Gasteiger partial charge in [0.15, 0.2) is 0 Å². The van der Waals surface area contributed by atoms with E-state index in [1.807, 2.05) is 58.8 Å². The predicted molar refractivity (Wildman–Crippen MR) is 202 cm³/mol. The second-order valence-corrected chi connectivity index (χ2v) is 19.8. The summed E-state index contributed by atoms with van der Waals surface area (Å²) in [7, 11) is 0. The van der Waals surface area contributed by atoms with Crippen LogP contribution in [0, 0.1) is 22.7 Å². The average molecular weight is 705 g/mol. The highest BCUT2D eigenvalue weighted by Crippen LogP contribution is 2.66. The number of nitrogens with zero attached hydrogens (tertiary/aromatic N) is 2. The summed E-state index contributed by atoms with van der Waals surface area (Å²) >= 11 is 15.2. The molecule has 0 fully saturated rings. The van der Waals surface area contributed by atoms with Gasteiger partial charge in [0.05, 0.1) is 37.6 Å². The normalized spacial score (nSPS) is 15.3. The first-order valence-electron chi connectivity index (χ1n) is 15.3. The van der Waals surface area contributed by atoms with Gasteiger partial charge in [-0.1, -0.05) is 150 Å². The molecule has 2 rings (SSSR count). The van der Waals surface area contributed by atoms with Crippen LogP contribution in [0.3, 0.4) is 0 Å². The van der Waals surface area contributed by atoms with E-state index < -0.39 is 0 Å². The molecule has 0 saturated carbocycles. The van der Waals surface area contributed by atoms with Gasteiger partial charge in [0.2, 0.25) is 0 Å². The van der Waals surface area contributed by atoms with Crippen LogP contribution in [0.2, 0.25) is 0 Å². The van der Waals surface area contributed by atoms with Crippen molar-refractivity contribution in [2.24, 2.45) is 0 Å². The molecule has 0 N–H and O–H groups in total. The van der Waals surface area contributed by atoms with Crippen LogP contribution in [0.1, 0.15) is 122 Å². The van der Waals surface area contributed by atoms with Crippen LogP contribution in [0.4, 0.5) is 0 Å². The maximum Gasteiger partial charge on any atom is 0.0717 e. The molecule has 0 radical (unpaired) electrons. The molecule has 2 aliphatic heterocycles. The standard InChI is InChI=1S/C31H48N2S8/c1-3-4-5-6-7-8-9-10-11-12-13-14-15-16-17-18-23-35-27-26(34-2)38-30(39-27)31-40-28(36-24-19-21-32)29(41-31)37-25-20-22-33/h3-20,23-25H2,1-2H3. The van der Waals surface area contributed by atoms with Crippen molar-refractivity contribution in [1.29, 1.82) is 10.5 Å². The zero-order chi connectivity index (χ0) is 29.4. The number of rotatable bonds is 25. The molecule has 0 aromatic rings. The lowest BCUT2D eigenvalue weighted by Gasteiger charge is -2.05. The molecule has 230 valence electrons. The summed E-state index contributed by atoms with van der Waals surface area (Å²) in [5.41, 5.74) is 0. The van der Waals surface area contributed by atoms with Crippen molar-refractivity contribution in [3.63, 3.8) is 0 Å². The molecule has 0 saturated heterocycles. The molecule has 0 aromatic carbocycles. The lowest BCUT2D eigenvalue weighted by Crippen LogP contribution is -1.85. The number of hydrogen-bond acceptors (Lipinski definition) is 10. The Balaban J connectivity index is 1.57. The van der Waals surface area contributed by atoms with Gasteiger partial charge in [-0.3, -0.25) is 0 Å². The van der Waals surface area contributed by atoms with Gasteiger partial charge < -0.3 is 0 Å². The van der Waals surface area contributed by atoms with Crippen molar-refractivity contribution in [3.05, 3.63) is 25.4 Å². The lowest BCUT2D eigenvalue weighted by molar-refractivity contribution is 0.532. The van der Waals surface area contributed by atoms with Crippen molar-refractivity contribution in [2.75, 3.05) is 23.5 Å². The van der Waals surface area contributed by atoms with Gasteiger partial charge in [0, 0.05) is 24.3 Å². The number of nitriles is 2. The molecule has 0 bridgehead atoms. The monoisotopic (exact) mass is 704 g/mol. The Labute approximate surface area is 285 Å². The van der Waals surface area contributed by atoms with Gasteiger partial charge >= 0.3 is 0 Å². The molecule has 2 heterocycles. The van der Waals surface area contributed by atoms with Gasteiger partial charge in [-0.2, -0.15) is 10.5 Å². The number of thioether (sulfide) groups is 8. The van der Waals surface area contributed by atoms with E-state index in [1.54, 1.807) is 23.5 Å². The van der Waals surface area contributed by atoms with E-state index in [2.05, 4.69) is 37.1 Å². The minimum absolute atomic E-state index is 0.573. The van der Waals surface area contributed by atoms with Crippen LogP contribution in [-0.2, 0) is 0 Å². The summed E-state index contributed by atoms with van der Waals surface area (Å²) in [5.74, 6) is 2.88. The van der Waals surface area contributed by atoms with E-state index >= 15 is 0 Å². The first kappa shape index (κ1) is 38.2. The molecule has 2 nitrogen and oxygen atoms in total. The van der Waals surface area contributed by atoms with Crippen molar-refractivity contribution in [2.45, 2.75) is 122 Å². The van der Waals surface area contributed by atoms with Crippen molar-refractivity contribution in [3.8, 4) is 12.1 Å². The fourth-order valence-corrected chi connectivity index (χ4v) is 15.8. The van der Waals surface area contributed by atoms with Gasteiger partial charge in [0.1, 0.15) is 0 Å². The summed E-state index contributed by atoms with van der Waals surface area (Å²) in [6, 6.07) is 4.52. The van der Waals surface area contributed by atoms with Crippen LogP contribution in [0.25, 0.3) is 0 Å². The van der Waals surface area contributed by atoms with Gasteiger partial charge in [0.25, 0.3) is 0 Å². The fourth-order valence-electron chi connectivity index (χ4n) is 4.30. The molecule has 0 aromatic heterocycles. The number of hydrogen-bond donors (Lipinski definition) is 0. The minimum atomic E-state index is 0.573. The molecule has 0 unspecified atom stereocenters. The third-order valence-corrected chi connectivity index (χ3v) is 18.1. The summed E-state index contributed by atoms with van der Waals surface area (Å²) in [6.07, 6.45) is 26.0. The SMILES string of the molecule is CCCCCCCCCCCCCCCCCCSC1=C(SC)SC(=C2SC(SCCC#N)=C(SCCC#N)S2)S1. The summed E-state index contributed by atoms with van der Waals surface area (Å²) in [4.78, 5) is 0. The zero-order valence-electron chi connectivity index (χ0n) is 25.0. The molecule has 0 aliphatic carbocycles. The van der Waals surface area contributed by atoms with E-state index in [4.69, 9.17) is 10.5 Å². The Kier molecular flexibility index (Phi) is 24.4. The molecule has 0 amide bonds. The highest BCUT2D eigenvalue weighted by Gasteiger charge is 2.30. The second kappa shape index (κ2) is 26.2. The molecule has 10 heteroatoms. The fraction of sp³-hybridized carbons (Fsp3) is 0.742. The van der Waals surface area contributed by atoms with E-state index in [9.17, 15) is 0 Å². The third-order valence-electron chi connectivity index (χ3n) is 6.55. The van der Waals surface area contributed by atoms with Crippen molar-refractivity contribution >= 4 is 94.1 Å². The van der Waals surface area contributed by atoms with Crippen LogP contribution < -0.4 is 0 Å². The topological polar surface area (TPSA) is 47.6 Å². The molecule has 2 aliphatic rings. The molecular weight excluding hydrogens is 657 g/mol. The van der Waals surface area contributed by atoms with Gasteiger partial charge in [-0.05, 0) is 18.4 Å². The Morgan fingerprint density at radius 3 is 1.22 bits per heavy atom. The lowest BCUT2D eigenvalue weighted by atomic mass is 10.0. The Hall–Kier alpha value is 1.000. The maximum absolute atomic E-state index is 8.95. The summed E-state index contributed by atoms with van der Waals surface area (Å²) < 4.78 is 8.35.